The fourth-order valence-electron chi connectivity index (χ4n) is 2.86. The molecule has 7 heteroatoms. The molecule has 1 unspecified atom stereocenters. The first-order valence-electron chi connectivity index (χ1n) is 8.89. The quantitative estimate of drug-likeness (QED) is 0.838. The molecule has 1 aliphatic heterocycles. The van der Waals surface area contributed by atoms with Gasteiger partial charge >= 0.3 is 0 Å². The van der Waals surface area contributed by atoms with Crippen LogP contribution in [0.25, 0.3) is 0 Å². The van der Waals surface area contributed by atoms with Gasteiger partial charge in [0, 0.05) is 19.1 Å². The maximum absolute atomic E-state index is 12.9. The molecule has 1 aromatic rings. The minimum Gasteiger partial charge on any atom is -0.496 e. The third kappa shape index (κ3) is 4.73. The van der Waals surface area contributed by atoms with Crippen LogP contribution in [0.15, 0.2) is 23.1 Å². The Morgan fingerprint density at radius 2 is 1.88 bits per heavy atom. The molecule has 0 aliphatic carbocycles. The summed E-state index contributed by atoms with van der Waals surface area (Å²) < 4.78 is 32.7. The van der Waals surface area contributed by atoms with Crippen molar-refractivity contribution in [2.75, 3.05) is 20.2 Å². The third-order valence-electron chi connectivity index (χ3n) is 4.61. The summed E-state index contributed by atoms with van der Waals surface area (Å²) in [5.74, 6) is 0.0507. The molecule has 140 valence electrons. The Bertz CT molecular complexity index is 695. The van der Waals surface area contributed by atoms with E-state index < -0.39 is 10.0 Å². The maximum atomic E-state index is 12.9. The summed E-state index contributed by atoms with van der Waals surface area (Å²) in [6.07, 6.45) is 4.64. The lowest BCUT2D eigenvalue weighted by atomic mass is 10.1. The van der Waals surface area contributed by atoms with Gasteiger partial charge in [0.15, 0.2) is 0 Å². The van der Waals surface area contributed by atoms with Gasteiger partial charge in [-0.15, -0.1) is 0 Å². The van der Waals surface area contributed by atoms with Crippen molar-refractivity contribution >= 4 is 15.9 Å². The molecule has 0 aromatic heterocycles. The number of carbonyl (C=O) groups excluding carboxylic acids is 1. The topological polar surface area (TPSA) is 75.7 Å². The zero-order chi connectivity index (χ0) is 18.4. The number of hydrogen-bond donors (Lipinski definition) is 1. The number of methoxy groups -OCH3 is 1. The fraction of sp³-hybridized carbons (Fsp3) is 0.611. The predicted molar refractivity (Wildman–Crippen MR) is 97.4 cm³/mol. The van der Waals surface area contributed by atoms with E-state index in [2.05, 4.69) is 5.32 Å². The van der Waals surface area contributed by atoms with Crippen LogP contribution in [0, 0.1) is 0 Å². The van der Waals surface area contributed by atoms with Gasteiger partial charge in [0.2, 0.25) is 10.0 Å². The number of nitrogens with zero attached hydrogens (tertiary/aromatic N) is 1. The van der Waals surface area contributed by atoms with E-state index in [4.69, 9.17) is 4.74 Å². The van der Waals surface area contributed by atoms with E-state index in [0.29, 0.717) is 18.8 Å². The van der Waals surface area contributed by atoms with Gasteiger partial charge in [0.05, 0.1) is 17.6 Å². The highest BCUT2D eigenvalue weighted by molar-refractivity contribution is 7.89. The second-order valence-corrected chi connectivity index (χ2v) is 8.40. The lowest BCUT2D eigenvalue weighted by Gasteiger charge is -2.21. The van der Waals surface area contributed by atoms with E-state index in [9.17, 15) is 13.2 Å². The molecule has 0 radical (unpaired) electrons. The SMILES string of the molecule is CCC(C)NC(=O)c1cc(S(=O)(=O)N2CCCCCC2)ccc1OC. The van der Waals surface area contributed by atoms with Gasteiger partial charge in [-0.1, -0.05) is 19.8 Å². The Balaban J connectivity index is 2.35. The highest BCUT2D eigenvalue weighted by Crippen LogP contribution is 2.26. The molecule has 1 saturated heterocycles. The summed E-state index contributed by atoms with van der Waals surface area (Å²) in [4.78, 5) is 12.6. The second kappa shape index (κ2) is 8.67. The number of ether oxygens (including phenoxy) is 1. The standard InChI is InChI=1S/C18H28N2O4S/c1-4-14(2)19-18(21)16-13-15(9-10-17(16)24-3)25(22,23)20-11-7-5-6-8-12-20/h9-10,13-14H,4-8,11-12H2,1-3H3,(H,19,21). The van der Waals surface area contributed by atoms with Crippen molar-refractivity contribution in [2.24, 2.45) is 0 Å². The fourth-order valence-corrected chi connectivity index (χ4v) is 4.40. The van der Waals surface area contributed by atoms with E-state index in [1.807, 2.05) is 13.8 Å². The zero-order valence-electron chi connectivity index (χ0n) is 15.2. The normalized spacial score (nSPS) is 17.6. The molecular formula is C18H28N2O4S. The molecule has 0 bridgehead atoms. The molecule has 0 spiro atoms. The Labute approximate surface area is 150 Å². The first-order chi connectivity index (χ1) is 11.9. The number of amides is 1. The van der Waals surface area contributed by atoms with Gasteiger partial charge in [0.25, 0.3) is 5.91 Å². The largest absolute Gasteiger partial charge is 0.496 e. The van der Waals surface area contributed by atoms with Crippen molar-refractivity contribution < 1.29 is 17.9 Å². The second-order valence-electron chi connectivity index (χ2n) is 6.46. The highest BCUT2D eigenvalue weighted by Gasteiger charge is 2.27. The molecule has 1 aromatic carbocycles. The smallest absolute Gasteiger partial charge is 0.255 e. The summed E-state index contributed by atoms with van der Waals surface area (Å²) >= 11 is 0. The first-order valence-corrected chi connectivity index (χ1v) is 10.3. The van der Waals surface area contributed by atoms with Crippen LogP contribution in [0.4, 0.5) is 0 Å². The molecular weight excluding hydrogens is 340 g/mol. The number of nitrogens with one attached hydrogen (secondary N) is 1. The number of carbonyl (C=O) groups is 1. The van der Waals surface area contributed by atoms with E-state index in [0.717, 1.165) is 32.1 Å². The van der Waals surface area contributed by atoms with E-state index in [1.54, 1.807) is 6.07 Å². The molecule has 1 amide bonds. The average molecular weight is 368 g/mol. The van der Waals surface area contributed by atoms with Crippen LogP contribution in [0.1, 0.15) is 56.3 Å². The van der Waals surface area contributed by atoms with Crippen LogP contribution in [0.5, 0.6) is 5.75 Å². The summed E-state index contributed by atoms with van der Waals surface area (Å²) in [7, 11) is -2.13. The summed E-state index contributed by atoms with van der Waals surface area (Å²) in [5, 5.41) is 2.86. The minimum absolute atomic E-state index is 0.00285. The van der Waals surface area contributed by atoms with Crippen molar-refractivity contribution in [3.05, 3.63) is 23.8 Å². The zero-order valence-corrected chi connectivity index (χ0v) is 16.1. The van der Waals surface area contributed by atoms with Gasteiger partial charge in [-0.3, -0.25) is 4.79 Å². The summed E-state index contributed by atoms with van der Waals surface area (Å²) in [5.41, 5.74) is 0.249. The van der Waals surface area contributed by atoms with Crippen LogP contribution in [-0.2, 0) is 10.0 Å². The number of benzene rings is 1. The maximum Gasteiger partial charge on any atom is 0.255 e. The van der Waals surface area contributed by atoms with Crippen LogP contribution in [0.3, 0.4) is 0 Å². The minimum atomic E-state index is -3.60. The molecule has 1 N–H and O–H groups in total. The summed E-state index contributed by atoms with van der Waals surface area (Å²) in [6, 6.07) is 4.50. The van der Waals surface area contributed by atoms with Gasteiger partial charge in [-0.05, 0) is 44.4 Å². The van der Waals surface area contributed by atoms with Gasteiger partial charge < -0.3 is 10.1 Å². The van der Waals surface area contributed by atoms with Crippen molar-refractivity contribution in [1.29, 1.82) is 0 Å². The molecule has 25 heavy (non-hydrogen) atoms. The molecule has 1 atom stereocenters. The van der Waals surface area contributed by atoms with Crippen LogP contribution in [0.2, 0.25) is 0 Å². The van der Waals surface area contributed by atoms with Crippen LogP contribution < -0.4 is 10.1 Å². The van der Waals surface area contributed by atoms with E-state index >= 15 is 0 Å². The van der Waals surface area contributed by atoms with Crippen molar-refractivity contribution in [3.63, 3.8) is 0 Å². The predicted octanol–water partition coefficient (Wildman–Crippen LogP) is 2.79. The Morgan fingerprint density at radius 1 is 1.24 bits per heavy atom. The Morgan fingerprint density at radius 3 is 2.44 bits per heavy atom. The van der Waals surface area contributed by atoms with Crippen molar-refractivity contribution in [2.45, 2.75) is 56.9 Å². The molecule has 6 nitrogen and oxygen atoms in total. The molecule has 1 heterocycles. The molecule has 1 fully saturated rings. The van der Waals surface area contributed by atoms with Crippen LogP contribution >= 0.6 is 0 Å². The highest BCUT2D eigenvalue weighted by atomic mass is 32.2. The first kappa shape index (κ1) is 19.7. The molecule has 2 rings (SSSR count). The van der Waals surface area contributed by atoms with Gasteiger partial charge in [-0.2, -0.15) is 4.31 Å². The molecule has 1 aliphatic rings. The summed E-state index contributed by atoms with van der Waals surface area (Å²) in [6.45, 7) is 4.94. The monoisotopic (exact) mass is 368 g/mol. The number of sulfonamides is 1. The van der Waals surface area contributed by atoms with Gasteiger partial charge in [0.1, 0.15) is 5.75 Å². The lowest BCUT2D eigenvalue weighted by Crippen LogP contribution is -2.33. The van der Waals surface area contributed by atoms with Crippen molar-refractivity contribution in [3.8, 4) is 5.75 Å². The lowest BCUT2D eigenvalue weighted by molar-refractivity contribution is 0.0936. The van der Waals surface area contributed by atoms with E-state index in [1.165, 1.54) is 23.5 Å². The number of hydrogen-bond acceptors (Lipinski definition) is 4. The van der Waals surface area contributed by atoms with Gasteiger partial charge in [-0.25, -0.2) is 8.42 Å². The van der Waals surface area contributed by atoms with Crippen molar-refractivity contribution in [1.82, 2.24) is 9.62 Å². The molecule has 0 saturated carbocycles. The number of rotatable bonds is 6. The Hall–Kier alpha value is -1.60. The van der Waals surface area contributed by atoms with Crippen LogP contribution in [-0.4, -0.2) is 44.9 Å². The average Bonchev–Trinajstić information content (AvgIpc) is 2.90. The third-order valence-corrected chi connectivity index (χ3v) is 6.50. The Kier molecular flexibility index (Phi) is 6.84. The van der Waals surface area contributed by atoms with E-state index in [-0.39, 0.29) is 22.4 Å².